The molecule has 5 rings (SSSR count). The fourth-order valence-electron chi connectivity index (χ4n) is 3.67. The normalized spacial score (nSPS) is 10.9. The van der Waals surface area contributed by atoms with E-state index in [1.807, 2.05) is 36.4 Å². The average molecular weight is 376 g/mol. The highest BCUT2D eigenvalue weighted by atomic mass is 15.1. The van der Waals surface area contributed by atoms with Crippen LogP contribution in [0, 0.1) is 6.92 Å². The molecule has 0 amide bonds. The van der Waals surface area contributed by atoms with Crippen molar-refractivity contribution in [2.75, 3.05) is 5.32 Å². The number of hydrogen-bond donors (Lipinski definition) is 1. The van der Waals surface area contributed by atoms with Gasteiger partial charge >= 0.3 is 0 Å². The summed E-state index contributed by atoms with van der Waals surface area (Å²) in [6.07, 6.45) is 3.78. The highest BCUT2D eigenvalue weighted by Gasteiger charge is 2.18. The van der Waals surface area contributed by atoms with Crippen LogP contribution in [0.4, 0.5) is 11.5 Å². The number of para-hydroxylation sites is 2. The van der Waals surface area contributed by atoms with Gasteiger partial charge in [0, 0.05) is 23.1 Å². The minimum atomic E-state index is 0.799. The summed E-state index contributed by atoms with van der Waals surface area (Å²) in [5.74, 6) is 0.799. The van der Waals surface area contributed by atoms with E-state index < -0.39 is 0 Å². The monoisotopic (exact) mass is 376 g/mol. The first kappa shape index (κ1) is 17.2. The lowest BCUT2D eigenvalue weighted by molar-refractivity contribution is 1.06. The molecule has 0 unspecified atom stereocenters. The Labute approximate surface area is 169 Å². The molecule has 0 spiro atoms. The van der Waals surface area contributed by atoms with Crippen molar-refractivity contribution in [3.8, 4) is 16.8 Å². The fraction of sp³-hybridized carbons (Fsp3) is 0.0400. The van der Waals surface area contributed by atoms with Crippen LogP contribution >= 0.6 is 0 Å². The first-order chi connectivity index (χ1) is 14.3. The molecule has 140 valence electrons. The predicted octanol–water partition coefficient (Wildman–Crippen LogP) is 6.14. The van der Waals surface area contributed by atoms with Crippen molar-refractivity contribution < 1.29 is 0 Å². The van der Waals surface area contributed by atoms with Crippen LogP contribution in [0.1, 0.15) is 5.56 Å². The summed E-state index contributed by atoms with van der Waals surface area (Å²) in [6.45, 7) is 2.12. The lowest BCUT2D eigenvalue weighted by Gasteiger charge is -2.10. The molecule has 0 saturated carbocycles. The Hall–Kier alpha value is -3.92. The van der Waals surface area contributed by atoms with Crippen molar-refractivity contribution in [3.63, 3.8) is 0 Å². The SMILES string of the molecule is Cc1ccccc1-n1cc(-c2ccccc2)c2c(Nc3ccccc3)ncnc21. The van der Waals surface area contributed by atoms with Crippen LogP contribution in [0.3, 0.4) is 0 Å². The molecule has 0 aliphatic heterocycles. The topological polar surface area (TPSA) is 42.7 Å². The molecule has 4 nitrogen and oxygen atoms in total. The molecule has 0 fully saturated rings. The summed E-state index contributed by atoms with van der Waals surface area (Å²) < 4.78 is 2.16. The number of fused-ring (bicyclic) bond motifs is 1. The molecule has 4 heteroatoms. The third-order valence-electron chi connectivity index (χ3n) is 5.08. The Bertz CT molecular complexity index is 1270. The van der Waals surface area contributed by atoms with Gasteiger partial charge in [-0.25, -0.2) is 9.97 Å². The number of nitrogens with one attached hydrogen (secondary N) is 1. The lowest BCUT2D eigenvalue weighted by atomic mass is 10.1. The summed E-state index contributed by atoms with van der Waals surface area (Å²) in [7, 11) is 0. The zero-order chi connectivity index (χ0) is 19.6. The van der Waals surface area contributed by atoms with E-state index >= 15 is 0 Å². The molecule has 0 aliphatic rings. The standard InChI is InChI=1S/C25H20N4/c1-18-10-8-9-15-22(18)29-16-21(19-11-4-2-5-12-19)23-24(26-17-27-25(23)29)28-20-13-6-3-7-14-20/h2-17H,1H3,(H,26,27,28). The Morgan fingerprint density at radius 1 is 0.759 bits per heavy atom. The van der Waals surface area contributed by atoms with Gasteiger partial charge in [-0.2, -0.15) is 0 Å². The largest absolute Gasteiger partial charge is 0.340 e. The molecule has 0 saturated heterocycles. The van der Waals surface area contributed by atoms with Crippen LogP contribution in [0.25, 0.3) is 27.8 Å². The van der Waals surface area contributed by atoms with Gasteiger partial charge in [0.25, 0.3) is 0 Å². The number of benzene rings is 3. The molecule has 0 atom stereocenters. The summed E-state index contributed by atoms with van der Waals surface area (Å²) in [4.78, 5) is 9.24. The summed E-state index contributed by atoms with van der Waals surface area (Å²) in [5.41, 5.74) is 6.42. The Kier molecular flexibility index (Phi) is 4.30. The molecule has 5 aromatic rings. The van der Waals surface area contributed by atoms with Crippen LogP contribution in [0.2, 0.25) is 0 Å². The van der Waals surface area contributed by atoms with Gasteiger partial charge in [0.1, 0.15) is 12.1 Å². The highest BCUT2D eigenvalue weighted by molar-refractivity contribution is 6.03. The van der Waals surface area contributed by atoms with Crippen molar-refractivity contribution in [1.29, 1.82) is 0 Å². The molecule has 2 heterocycles. The van der Waals surface area contributed by atoms with Crippen molar-refractivity contribution in [3.05, 3.63) is 103 Å². The molecule has 0 bridgehead atoms. The molecule has 29 heavy (non-hydrogen) atoms. The maximum atomic E-state index is 4.66. The predicted molar refractivity (Wildman–Crippen MR) is 119 cm³/mol. The van der Waals surface area contributed by atoms with Gasteiger partial charge < -0.3 is 9.88 Å². The fourth-order valence-corrected chi connectivity index (χ4v) is 3.67. The van der Waals surface area contributed by atoms with E-state index in [1.165, 1.54) is 5.56 Å². The van der Waals surface area contributed by atoms with Crippen LogP contribution in [-0.4, -0.2) is 14.5 Å². The van der Waals surface area contributed by atoms with Gasteiger partial charge in [0.2, 0.25) is 0 Å². The van der Waals surface area contributed by atoms with Gasteiger partial charge in [0.15, 0.2) is 5.65 Å². The molecule has 2 aromatic heterocycles. The second kappa shape index (κ2) is 7.24. The third kappa shape index (κ3) is 3.15. The lowest BCUT2D eigenvalue weighted by Crippen LogP contribution is -1.99. The third-order valence-corrected chi connectivity index (χ3v) is 5.08. The average Bonchev–Trinajstić information content (AvgIpc) is 3.16. The van der Waals surface area contributed by atoms with Crippen LogP contribution in [-0.2, 0) is 0 Å². The van der Waals surface area contributed by atoms with E-state index in [-0.39, 0.29) is 0 Å². The zero-order valence-corrected chi connectivity index (χ0v) is 16.1. The van der Waals surface area contributed by atoms with Crippen molar-refractivity contribution >= 4 is 22.5 Å². The number of nitrogens with zero attached hydrogens (tertiary/aromatic N) is 3. The second-order valence-corrected chi connectivity index (χ2v) is 6.98. The molecule has 3 aromatic carbocycles. The Morgan fingerprint density at radius 3 is 2.21 bits per heavy atom. The molecule has 1 N–H and O–H groups in total. The quantitative estimate of drug-likeness (QED) is 0.410. The number of aromatic nitrogens is 3. The van der Waals surface area contributed by atoms with E-state index in [2.05, 4.69) is 81.5 Å². The second-order valence-electron chi connectivity index (χ2n) is 6.98. The van der Waals surface area contributed by atoms with Gasteiger partial charge in [-0.1, -0.05) is 66.7 Å². The van der Waals surface area contributed by atoms with E-state index in [4.69, 9.17) is 0 Å². The van der Waals surface area contributed by atoms with Gasteiger partial charge in [-0.15, -0.1) is 0 Å². The zero-order valence-electron chi connectivity index (χ0n) is 16.1. The number of aryl methyl sites for hydroxylation is 1. The van der Waals surface area contributed by atoms with Gasteiger partial charge in [0.05, 0.1) is 5.39 Å². The Balaban J connectivity index is 1.79. The number of hydrogen-bond acceptors (Lipinski definition) is 3. The summed E-state index contributed by atoms with van der Waals surface area (Å²) in [5, 5.41) is 4.48. The summed E-state index contributed by atoms with van der Waals surface area (Å²) >= 11 is 0. The number of rotatable bonds is 4. The number of anilines is 2. The van der Waals surface area contributed by atoms with E-state index in [9.17, 15) is 0 Å². The van der Waals surface area contributed by atoms with E-state index in [0.29, 0.717) is 0 Å². The minimum absolute atomic E-state index is 0.799. The highest BCUT2D eigenvalue weighted by Crippen LogP contribution is 2.36. The van der Waals surface area contributed by atoms with Crippen molar-refractivity contribution in [2.45, 2.75) is 6.92 Å². The van der Waals surface area contributed by atoms with E-state index in [0.717, 1.165) is 39.4 Å². The van der Waals surface area contributed by atoms with Crippen molar-refractivity contribution in [2.24, 2.45) is 0 Å². The maximum Gasteiger partial charge on any atom is 0.150 e. The molecular formula is C25H20N4. The molecule has 0 aliphatic carbocycles. The smallest absolute Gasteiger partial charge is 0.150 e. The van der Waals surface area contributed by atoms with Crippen LogP contribution in [0.5, 0.6) is 0 Å². The maximum absolute atomic E-state index is 4.66. The molecule has 0 radical (unpaired) electrons. The first-order valence-electron chi connectivity index (χ1n) is 9.61. The first-order valence-corrected chi connectivity index (χ1v) is 9.61. The van der Waals surface area contributed by atoms with Crippen LogP contribution < -0.4 is 5.32 Å². The summed E-state index contributed by atoms with van der Waals surface area (Å²) in [6, 6.07) is 28.8. The Morgan fingerprint density at radius 2 is 1.45 bits per heavy atom. The van der Waals surface area contributed by atoms with E-state index in [1.54, 1.807) is 6.33 Å². The molecular weight excluding hydrogens is 356 g/mol. The van der Waals surface area contributed by atoms with Gasteiger partial charge in [-0.3, -0.25) is 0 Å². The van der Waals surface area contributed by atoms with Crippen LogP contribution in [0.15, 0.2) is 97.5 Å². The van der Waals surface area contributed by atoms with Gasteiger partial charge in [-0.05, 0) is 36.2 Å². The minimum Gasteiger partial charge on any atom is -0.340 e. The van der Waals surface area contributed by atoms with Crippen molar-refractivity contribution in [1.82, 2.24) is 14.5 Å².